The van der Waals surface area contributed by atoms with Gasteiger partial charge in [-0.25, -0.2) is 0 Å². The molecule has 3 heterocycles. The number of nitrogens with two attached hydrogens (primary N) is 1. The molecular weight excluding hydrogens is 938 g/mol. The third kappa shape index (κ3) is 17.6. The minimum absolute atomic E-state index is 0. The fourth-order valence-electron chi connectivity index (χ4n) is 7.72. The Balaban J connectivity index is 0.000000376. The van der Waals surface area contributed by atoms with E-state index in [2.05, 4.69) is 172 Å². The molecule has 0 aliphatic carbocycles. The molecule has 332 valence electrons. The molecule has 0 atom stereocenters. The first-order valence-electron chi connectivity index (χ1n) is 20.6. The van der Waals surface area contributed by atoms with Crippen LogP contribution in [0.25, 0.3) is 0 Å². The van der Waals surface area contributed by atoms with Gasteiger partial charge in [-0.15, -0.1) is 0 Å². The number of anilines is 5. The number of carboxylic acids is 1. The molecule has 9 nitrogen and oxygen atoms in total. The van der Waals surface area contributed by atoms with Gasteiger partial charge in [0.1, 0.15) is 5.78 Å². The summed E-state index contributed by atoms with van der Waals surface area (Å²) in [4.78, 5) is 36.1. The van der Waals surface area contributed by atoms with Gasteiger partial charge >= 0.3 is 51.4 Å². The maximum absolute atomic E-state index is 12.4. The van der Waals surface area contributed by atoms with E-state index in [-0.39, 0.29) is 74.7 Å². The van der Waals surface area contributed by atoms with Gasteiger partial charge in [0.15, 0.2) is 0 Å². The van der Waals surface area contributed by atoms with Crippen molar-refractivity contribution >= 4 is 83.4 Å². The SMILES string of the molecule is C.CC(=O)O.CC(C)(C)CC(=O)Cc1cc(N2CCN(c3ccc(Br)cc3)CC2)ccc1N.CC(C)(C)CC1=Nc2ccc(N3CCN(c4ccc(Br)cc4)CC3)cc2C1.[F-].[K+]. The Morgan fingerprint density at radius 1 is 0.661 bits per heavy atom. The van der Waals surface area contributed by atoms with Gasteiger partial charge in [-0.05, 0) is 113 Å². The summed E-state index contributed by atoms with van der Waals surface area (Å²) in [5, 5.41) is 7.42. The Hall–Kier alpha value is -2.78. The first kappa shape index (κ1) is 55.3. The van der Waals surface area contributed by atoms with E-state index in [4.69, 9.17) is 20.6 Å². The van der Waals surface area contributed by atoms with E-state index in [0.717, 1.165) is 92.3 Å². The van der Waals surface area contributed by atoms with Gasteiger partial charge in [0.2, 0.25) is 0 Å². The number of hydrogen-bond donors (Lipinski definition) is 2. The van der Waals surface area contributed by atoms with Crippen LogP contribution >= 0.6 is 31.9 Å². The number of aliphatic carboxylic acids is 1. The molecule has 0 saturated carbocycles. The predicted molar refractivity (Wildman–Crippen MR) is 262 cm³/mol. The van der Waals surface area contributed by atoms with Crippen LogP contribution in [0.1, 0.15) is 79.9 Å². The van der Waals surface area contributed by atoms with Crippen LogP contribution in [0.15, 0.2) is 98.9 Å². The van der Waals surface area contributed by atoms with Crippen molar-refractivity contribution in [3.05, 3.63) is 105 Å². The fourth-order valence-corrected chi connectivity index (χ4v) is 8.25. The number of halogens is 3. The molecule has 2 saturated heterocycles. The molecule has 7 rings (SSSR count). The third-order valence-electron chi connectivity index (χ3n) is 10.4. The monoisotopic (exact) mass is 1000 g/mol. The van der Waals surface area contributed by atoms with Crippen LogP contribution in [0.3, 0.4) is 0 Å². The largest absolute Gasteiger partial charge is 1.00 e. The third-order valence-corrected chi connectivity index (χ3v) is 11.4. The summed E-state index contributed by atoms with van der Waals surface area (Å²) < 4.78 is 2.24. The molecule has 3 aliphatic rings. The van der Waals surface area contributed by atoms with Crippen LogP contribution in [0.4, 0.5) is 34.1 Å². The molecular formula is C49H66Br2FKN6O3. The number of hydrogen-bond acceptors (Lipinski definition) is 8. The molecule has 0 amide bonds. The molecule has 0 bridgehead atoms. The number of rotatable bonds is 8. The summed E-state index contributed by atoms with van der Waals surface area (Å²) in [5.74, 6) is -0.587. The number of nitrogens with zero attached hydrogens (tertiary/aromatic N) is 5. The molecule has 3 aliphatic heterocycles. The van der Waals surface area contributed by atoms with Crippen molar-refractivity contribution in [3.8, 4) is 0 Å². The second-order valence-corrected chi connectivity index (χ2v) is 20.0. The summed E-state index contributed by atoms with van der Waals surface area (Å²) in [6, 6.07) is 30.1. The first-order chi connectivity index (χ1) is 27.8. The van der Waals surface area contributed by atoms with Gasteiger partial charge in [0, 0.05) is 122 Å². The summed E-state index contributed by atoms with van der Waals surface area (Å²) in [7, 11) is 0. The molecule has 2 fully saturated rings. The summed E-state index contributed by atoms with van der Waals surface area (Å²) in [5.41, 5.74) is 17.1. The number of carbonyl (C=O) groups is 2. The van der Waals surface area contributed by atoms with Crippen molar-refractivity contribution in [2.75, 3.05) is 77.7 Å². The number of carboxylic acid groups (broad SMARTS) is 1. The number of carbonyl (C=O) groups excluding carboxylic acids is 1. The standard InChI is InChI=1S/C23H30BrN3O.C23H28BrN3.C2H4O2.CH4.FH.K/c1-23(2,3)16-21(28)15-17-14-20(8-9-22(17)25)27-12-10-26(11-13-27)19-6-4-18(24)5-7-19;1-23(2,3)16-19-14-17-15-21(8-9-22(17)25-19)27-12-10-26(11-13-27)20-6-4-18(24)5-7-20;1-2(3)4;;;/h4-9,14H,10-13,15-16,25H2,1-3H3;4-9,15H,10-14,16H2,1-3H3;1H3,(H,3,4);1H4;1H;/q;;;;;+1/p-1. The Bertz CT molecular complexity index is 2070. The predicted octanol–water partition coefficient (Wildman–Crippen LogP) is 5.48. The van der Waals surface area contributed by atoms with Gasteiger partial charge in [-0.2, -0.15) is 0 Å². The first-order valence-corrected chi connectivity index (χ1v) is 22.2. The summed E-state index contributed by atoms with van der Waals surface area (Å²) in [6.07, 6.45) is 3.07. The van der Waals surface area contributed by atoms with Crippen LogP contribution in [0.2, 0.25) is 0 Å². The van der Waals surface area contributed by atoms with Crippen LogP contribution in [-0.4, -0.2) is 74.9 Å². The molecule has 0 radical (unpaired) electrons. The minimum atomic E-state index is -0.833. The number of benzene rings is 4. The van der Waals surface area contributed by atoms with Crippen molar-refractivity contribution in [2.24, 2.45) is 15.8 Å². The van der Waals surface area contributed by atoms with Gasteiger partial charge in [0.05, 0.1) is 5.69 Å². The van der Waals surface area contributed by atoms with E-state index in [0.29, 0.717) is 23.9 Å². The number of ketones is 1. The second-order valence-electron chi connectivity index (χ2n) is 18.2. The topological polar surface area (TPSA) is 106 Å². The molecule has 4 aromatic carbocycles. The maximum atomic E-state index is 12.4. The Kier molecular flexibility index (Phi) is 22.4. The van der Waals surface area contributed by atoms with Crippen LogP contribution in [0, 0.1) is 10.8 Å². The zero-order valence-corrected chi connectivity index (χ0v) is 43.6. The molecule has 4 aromatic rings. The zero-order chi connectivity index (χ0) is 42.9. The molecule has 0 spiro atoms. The zero-order valence-electron chi connectivity index (χ0n) is 37.3. The average molecular weight is 1010 g/mol. The van der Waals surface area contributed by atoms with Gasteiger partial charge in [-0.3, -0.25) is 14.6 Å². The Morgan fingerprint density at radius 3 is 1.47 bits per heavy atom. The Labute approximate surface area is 430 Å². The van der Waals surface area contributed by atoms with Crippen molar-refractivity contribution in [3.63, 3.8) is 0 Å². The van der Waals surface area contributed by atoms with Crippen molar-refractivity contribution in [2.45, 2.75) is 81.6 Å². The van der Waals surface area contributed by atoms with E-state index in [1.807, 2.05) is 6.07 Å². The van der Waals surface area contributed by atoms with Gasteiger partial charge < -0.3 is 35.1 Å². The van der Waals surface area contributed by atoms with E-state index in [1.54, 1.807) is 0 Å². The minimum Gasteiger partial charge on any atom is -1.00 e. The number of Topliss-reactive ketones (excluding diaryl/α,β-unsaturated/α-hetero) is 1. The normalized spacial score (nSPS) is 14.6. The molecule has 0 aromatic heterocycles. The molecule has 62 heavy (non-hydrogen) atoms. The average Bonchev–Trinajstić information content (AvgIpc) is 3.56. The summed E-state index contributed by atoms with van der Waals surface area (Å²) >= 11 is 7.01. The van der Waals surface area contributed by atoms with Crippen LogP contribution in [-0.2, 0) is 22.4 Å². The summed E-state index contributed by atoms with van der Waals surface area (Å²) in [6.45, 7) is 22.3. The molecule has 3 N–H and O–H groups in total. The van der Waals surface area contributed by atoms with Crippen molar-refractivity contribution in [1.82, 2.24) is 0 Å². The maximum Gasteiger partial charge on any atom is 1.00 e. The molecule has 0 unspecified atom stereocenters. The smallest absolute Gasteiger partial charge is 1.00 e. The van der Waals surface area contributed by atoms with Crippen LogP contribution < -0.4 is 81.4 Å². The molecule has 13 heteroatoms. The number of aliphatic imine (C=N–C) groups is 1. The van der Waals surface area contributed by atoms with E-state index >= 15 is 0 Å². The Morgan fingerprint density at radius 2 is 1.05 bits per heavy atom. The van der Waals surface area contributed by atoms with E-state index < -0.39 is 5.97 Å². The number of piperazine rings is 2. The number of fused-ring (bicyclic) bond motifs is 1. The van der Waals surface area contributed by atoms with Crippen molar-refractivity contribution in [1.29, 1.82) is 0 Å². The second kappa shape index (κ2) is 25.1. The van der Waals surface area contributed by atoms with E-state index in [1.165, 1.54) is 34.0 Å². The number of nitrogen functional groups attached to an aromatic ring is 1. The quantitative estimate of drug-likeness (QED) is 0.177. The van der Waals surface area contributed by atoms with Gasteiger partial charge in [0.25, 0.3) is 5.97 Å². The van der Waals surface area contributed by atoms with E-state index in [9.17, 15) is 4.79 Å². The van der Waals surface area contributed by atoms with Crippen LogP contribution in [0.5, 0.6) is 0 Å². The van der Waals surface area contributed by atoms with Crippen molar-refractivity contribution < 1.29 is 70.8 Å². The van der Waals surface area contributed by atoms with Gasteiger partial charge in [-0.1, -0.05) is 80.8 Å². The fraction of sp³-hybridized carbons (Fsp3) is 0.449.